The van der Waals surface area contributed by atoms with Crippen molar-refractivity contribution in [2.24, 2.45) is 0 Å². The van der Waals surface area contributed by atoms with Gasteiger partial charge in [-0.1, -0.05) is 54.1 Å². The Bertz CT molecular complexity index is 745. The Labute approximate surface area is 123 Å². The largest absolute Gasteiger partial charge is 0.221 e. The van der Waals surface area contributed by atoms with E-state index in [-0.39, 0.29) is 0 Å². The lowest BCUT2D eigenvalue weighted by Gasteiger charge is -2.08. The lowest BCUT2D eigenvalue weighted by atomic mass is 10.1. The van der Waals surface area contributed by atoms with Gasteiger partial charge < -0.3 is 0 Å². The summed E-state index contributed by atoms with van der Waals surface area (Å²) in [7, 11) is 0. The molecule has 100 valence electrons. The summed E-state index contributed by atoms with van der Waals surface area (Å²) in [5, 5.41) is 5.26. The van der Waals surface area contributed by atoms with E-state index in [2.05, 4.69) is 37.1 Å². The molecule has 0 bridgehead atoms. The van der Waals surface area contributed by atoms with Gasteiger partial charge in [-0.2, -0.15) is 5.10 Å². The van der Waals surface area contributed by atoms with Crippen LogP contribution in [0.25, 0.3) is 16.9 Å². The first kappa shape index (κ1) is 12.9. The number of aromatic nitrogens is 2. The minimum atomic E-state index is 0.623. The first-order valence-corrected chi connectivity index (χ1v) is 6.91. The third-order valence-corrected chi connectivity index (χ3v) is 3.60. The molecule has 0 N–H and O–H groups in total. The van der Waals surface area contributed by atoms with Crippen molar-refractivity contribution in [2.75, 3.05) is 0 Å². The van der Waals surface area contributed by atoms with E-state index in [0.717, 1.165) is 22.5 Å². The van der Waals surface area contributed by atoms with Crippen LogP contribution in [0.5, 0.6) is 0 Å². The number of aryl methyl sites for hydroxylation is 2. The van der Waals surface area contributed by atoms with Crippen LogP contribution >= 0.6 is 11.6 Å². The zero-order valence-electron chi connectivity index (χ0n) is 11.5. The van der Waals surface area contributed by atoms with Gasteiger partial charge in [-0.05, 0) is 31.0 Å². The van der Waals surface area contributed by atoms with Crippen LogP contribution in [0.2, 0.25) is 5.15 Å². The van der Waals surface area contributed by atoms with Crippen molar-refractivity contribution in [3.8, 4) is 16.9 Å². The molecule has 3 rings (SSSR count). The van der Waals surface area contributed by atoms with E-state index < -0.39 is 0 Å². The number of nitrogens with zero attached hydrogens (tertiary/aromatic N) is 2. The van der Waals surface area contributed by atoms with Gasteiger partial charge in [0.25, 0.3) is 0 Å². The molecule has 0 atom stereocenters. The van der Waals surface area contributed by atoms with Gasteiger partial charge in [0.1, 0.15) is 5.15 Å². The first-order valence-electron chi connectivity index (χ1n) is 6.54. The molecule has 0 spiro atoms. The number of halogens is 1. The second kappa shape index (κ2) is 5.14. The lowest BCUT2D eigenvalue weighted by molar-refractivity contribution is 0.875. The Hall–Kier alpha value is -2.06. The molecule has 3 aromatic rings. The van der Waals surface area contributed by atoms with E-state index in [1.54, 1.807) is 4.68 Å². The molecule has 1 heterocycles. The third kappa shape index (κ3) is 2.35. The monoisotopic (exact) mass is 282 g/mol. The Kier molecular flexibility index (Phi) is 3.33. The van der Waals surface area contributed by atoms with E-state index in [0.29, 0.717) is 5.15 Å². The average Bonchev–Trinajstić information content (AvgIpc) is 2.84. The molecule has 1 aromatic heterocycles. The average molecular weight is 283 g/mol. The summed E-state index contributed by atoms with van der Waals surface area (Å²) in [5.41, 5.74) is 5.32. The summed E-state index contributed by atoms with van der Waals surface area (Å²) >= 11 is 6.35. The molecule has 0 unspecified atom stereocenters. The normalized spacial score (nSPS) is 10.8. The van der Waals surface area contributed by atoms with Crippen molar-refractivity contribution in [3.63, 3.8) is 0 Å². The standard InChI is InChI=1S/C17H15ClN2/c1-12-8-9-13(2)16(10-12)20-17(18)11-15(19-20)14-6-4-3-5-7-14/h3-11H,1-2H3. The van der Waals surface area contributed by atoms with Gasteiger partial charge in [0, 0.05) is 11.6 Å². The second-order valence-electron chi connectivity index (χ2n) is 4.92. The number of hydrogen-bond acceptors (Lipinski definition) is 1. The Balaban J connectivity index is 2.12. The summed E-state index contributed by atoms with van der Waals surface area (Å²) in [6, 6.07) is 18.2. The molecule has 0 aliphatic rings. The maximum absolute atomic E-state index is 6.35. The van der Waals surface area contributed by atoms with Crippen molar-refractivity contribution in [1.29, 1.82) is 0 Å². The fraction of sp³-hybridized carbons (Fsp3) is 0.118. The molecule has 2 aromatic carbocycles. The van der Waals surface area contributed by atoms with Crippen LogP contribution < -0.4 is 0 Å². The van der Waals surface area contributed by atoms with Crippen LogP contribution in [0.15, 0.2) is 54.6 Å². The molecule has 3 heteroatoms. The van der Waals surface area contributed by atoms with Crippen LogP contribution in [-0.2, 0) is 0 Å². The van der Waals surface area contributed by atoms with Crippen LogP contribution in [0.3, 0.4) is 0 Å². The number of hydrogen-bond donors (Lipinski definition) is 0. The highest BCUT2D eigenvalue weighted by molar-refractivity contribution is 6.30. The minimum Gasteiger partial charge on any atom is -0.221 e. The van der Waals surface area contributed by atoms with Gasteiger partial charge in [-0.3, -0.25) is 0 Å². The molecule has 2 nitrogen and oxygen atoms in total. The highest BCUT2D eigenvalue weighted by Gasteiger charge is 2.11. The Morgan fingerprint density at radius 3 is 2.45 bits per heavy atom. The molecule has 0 saturated heterocycles. The Morgan fingerprint density at radius 2 is 1.70 bits per heavy atom. The number of rotatable bonds is 2. The van der Waals surface area contributed by atoms with Crippen LogP contribution in [-0.4, -0.2) is 9.78 Å². The lowest BCUT2D eigenvalue weighted by Crippen LogP contribution is -2.00. The van der Waals surface area contributed by atoms with Gasteiger partial charge in [-0.25, -0.2) is 4.68 Å². The maximum atomic E-state index is 6.35. The highest BCUT2D eigenvalue weighted by atomic mass is 35.5. The van der Waals surface area contributed by atoms with E-state index in [9.17, 15) is 0 Å². The fourth-order valence-corrected chi connectivity index (χ4v) is 2.46. The fourth-order valence-electron chi connectivity index (χ4n) is 2.22. The molecule has 0 radical (unpaired) electrons. The zero-order valence-corrected chi connectivity index (χ0v) is 12.2. The van der Waals surface area contributed by atoms with Gasteiger partial charge in [-0.15, -0.1) is 0 Å². The molecular weight excluding hydrogens is 268 g/mol. The molecule has 0 saturated carbocycles. The summed E-state index contributed by atoms with van der Waals surface area (Å²) in [4.78, 5) is 0. The smallest absolute Gasteiger partial charge is 0.133 e. The molecule has 20 heavy (non-hydrogen) atoms. The van der Waals surface area contributed by atoms with Crippen LogP contribution in [0.4, 0.5) is 0 Å². The minimum absolute atomic E-state index is 0.623. The van der Waals surface area contributed by atoms with Crippen molar-refractivity contribution in [1.82, 2.24) is 9.78 Å². The van der Waals surface area contributed by atoms with Crippen LogP contribution in [0.1, 0.15) is 11.1 Å². The quantitative estimate of drug-likeness (QED) is 0.659. The summed E-state index contributed by atoms with van der Waals surface area (Å²) < 4.78 is 1.80. The predicted octanol–water partition coefficient (Wildman–Crippen LogP) is 4.81. The van der Waals surface area contributed by atoms with Crippen LogP contribution in [0, 0.1) is 13.8 Å². The maximum Gasteiger partial charge on any atom is 0.133 e. The SMILES string of the molecule is Cc1ccc(C)c(-n2nc(-c3ccccc3)cc2Cl)c1. The molecule has 0 aliphatic carbocycles. The van der Waals surface area contributed by atoms with Crippen molar-refractivity contribution >= 4 is 11.6 Å². The molecule has 0 amide bonds. The topological polar surface area (TPSA) is 17.8 Å². The summed E-state index contributed by atoms with van der Waals surface area (Å²) in [5.74, 6) is 0. The molecule has 0 aliphatic heterocycles. The molecular formula is C17H15ClN2. The van der Waals surface area contributed by atoms with Crippen molar-refractivity contribution < 1.29 is 0 Å². The highest BCUT2D eigenvalue weighted by Crippen LogP contribution is 2.26. The van der Waals surface area contributed by atoms with E-state index in [4.69, 9.17) is 11.6 Å². The van der Waals surface area contributed by atoms with Crippen molar-refractivity contribution in [3.05, 3.63) is 70.9 Å². The van der Waals surface area contributed by atoms with Gasteiger partial charge >= 0.3 is 0 Å². The molecule has 0 fully saturated rings. The van der Waals surface area contributed by atoms with E-state index >= 15 is 0 Å². The van der Waals surface area contributed by atoms with E-state index in [1.165, 1.54) is 5.56 Å². The Morgan fingerprint density at radius 1 is 0.950 bits per heavy atom. The zero-order chi connectivity index (χ0) is 14.1. The number of benzene rings is 2. The van der Waals surface area contributed by atoms with Crippen molar-refractivity contribution in [2.45, 2.75) is 13.8 Å². The van der Waals surface area contributed by atoms with Gasteiger partial charge in [0.05, 0.1) is 11.4 Å². The second-order valence-corrected chi connectivity index (χ2v) is 5.31. The first-order chi connectivity index (χ1) is 9.65. The summed E-state index contributed by atoms with van der Waals surface area (Å²) in [6.07, 6.45) is 0. The van der Waals surface area contributed by atoms with Gasteiger partial charge in [0.15, 0.2) is 0 Å². The predicted molar refractivity (Wildman–Crippen MR) is 83.5 cm³/mol. The van der Waals surface area contributed by atoms with E-state index in [1.807, 2.05) is 36.4 Å². The summed E-state index contributed by atoms with van der Waals surface area (Å²) in [6.45, 7) is 4.13. The third-order valence-electron chi connectivity index (χ3n) is 3.33. The van der Waals surface area contributed by atoms with Gasteiger partial charge in [0.2, 0.25) is 0 Å².